The molecule has 0 N–H and O–H groups in total. The van der Waals surface area contributed by atoms with E-state index in [4.69, 9.17) is 23.2 Å². The molecule has 0 radical (unpaired) electrons. The fourth-order valence-electron chi connectivity index (χ4n) is 2.36. The van der Waals surface area contributed by atoms with Gasteiger partial charge < -0.3 is 0 Å². The lowest BCUT2D eigenvalue weighted by molar-refractivity contribution is -0.121. The van der Waals surface area contributed by atoms with Crippen molar-refractivity contribution in [3.63, 3.8) is 0 Å². The summed E-state index contributed by atoms with van der Waals surface area (Å²) in [6.07, 6.45) is 0.740. The molecule has 2 rings (SSSR count). The summed E-state index contributed by atoms with van der Waals surface area (Å²) in [5, 5.41) is 0.410. The second-order valence-electron chi connectivity index (χ2n) is 5.87. The normalized spacial score (nSPS) is 11.1. The van der Waals surface area contributed by atoms with Crippen LogP contribution < -0.4 is 0 Å². The van der Waals surface area contributed by atoms with Crippen LogP contribution in [-0.2, 0) is 11.2 Å². The van der Waals surface area contributed by atoms with Crippen LogP contribution in [0.15, 0.2) is 24.3 Å². The Labute approximate surface area is 145 Å². The lowest BCUT2D eigenvalue weighted by atomic mass is 9.95. The molecule has 0 atom stereocenters. The van der Waals surface area contributed by atoms with Gasteiger partial charge in [-0.15, -0.1) is 0 Å². The van der Waals surface area contributed by atoms with E-state index in [0.29, 0.717) is 29.5 Å². The smallest absolute Gasteiger partial charge is 0.135 e. The summed E-state index contributed by atoms with van der Waals surface area (Å²) in [6.45, 7) is 5.52. The van der Waals surface area contributed by atoms with Crippen LogP contribution in [0.2, 0.25) is 10.3 Å². The zero-order valence-electron chi connectivity index (χ0n) is 13.3. The summed E-state index contributed by atoms with van der Waals surface area (Å²) in [4.78, 5) is 15.9. The van der Waals surface area contributed by atoms with Crippen LogP contribution in [0.1, 0.15) is 31.4 Å². The van der Waals surface area contributed by atoms with Gasteiger partial charge in [0.25, 0.3) is 0 Å². The van der Waals surface area contributed by atoms with E-state index in [9.17, 15) is 9.18 Å². The molecule has 0 saturated heterocycles. The van der Waals surface area contributed by atoms with Crippen LogP contribution in [0.3, 0.4) is 0 Å². The highest BCUT2D eigenvalue weighted by Gasteiger charge is 2.17. The maximum absolute atomic E-state index is 14.3. The second-order valence-corrected chi connectivity index (χ2v) is 6.61. The molecule has 0 saturated carbocycles. The van der Waals surface area contributed by atoms with Gasteiger partial charge in [0, 0.05) is 17.9 Å². The van der Waals surface area contributed by atoms with Gasteiger partial charge in [-0.1, -0.05) is 49.2 Å². The van der Waals surface area contributed by atoms with Gasteiger partial charge in [0.2, 0.25) is 0 Å². The number of benzene rings is 1. The third-order valence-electron chi connectivity index (χ3n) is 3.72. The summed E-state index contributed by atoms with van der Waals surface area (Å²) < 4.78 is 14.3. The number of nitrogens with zero attached hydrogens (tertiary/aromatic N) is 1. The highest BCUT2D eigenvalue weighted by atomic mass is 35.5. The largest absolute Gasteiger partial charge is 0.299 e. The third-order valence-corrected chi connectivity index (χ3v) is 4.23. The second kappa shape index (κ2) is 7.41. The van der Waals surface area contributed by atoms with Gasteiger partial charge in [0.15, 0.2) is 0 Å². The molecule has 0 spiro atoms. The number of aromatic nitrogens is 1. The Hall–Kier alpha value is -1.45. The lowest BCUT2D eigenvalue weighted by Crippen LogP contribution is -2.09. The van der Waals surface area contributed by atoms with E-state index in [1.54, 1.807) is 12.1 Å². The average molecular weight is 354 g/mol. The first-order chi connectivity index (χ1) is 10.8. The molecule has 1 aromatic carbocycles. The topological polar surface area (TPSA) is 30.0 Å². The van der Waals surface area contributed by atoms with Crippen molar-refractivity contribution >= 4 is 29.0 Å². The minimum Gasteiger partial charge on any atom is -0.299 e. The number of pyridine rings is 1. The third kappa shape index (κ3) is 4.30. The quantitative estimate of drug-likeness (QED) is 0.649. The molecule has 2 nitrogen and oxygen atoms in total. The van der Waals surface area contributed by atoms with Crippen molar-refractivity contribution in [3.8, 4) is 11.1 Å². The fourth-order valence-corrected chi connectivity index (χ4v) is 2.89. The molecule has 0 aliphatic heterocycles. The Balaban J connectivity index is 2.47. The number of rotatable bonds is 5. The monoisotopic (exact) mass is 353 g/mol. The van der Waals surface area contributed by atoms with E-state index in [1.807, 2.05) is 26.8 Å². The summed E-state index contributed by atoms with van der Waals surface area (Å²) in [7, 11) is 0. The fraction of sp³-hybridized carbons (Fsp3) is 0.333. The van der Waals surface area contributed by atoms with E-state index < -0.39 is 0 Å². The van der Waals surface area contributed by atoms with Crippen molar-refractivity contribution in [1.82, 2.24) is 4.98 Å². The molecular weight excluding hydrogens is 336 g/mol. The maximum Gasteiger partial charge on any atom is 0.135 e. The Morgan fingerprint density at radius 2 is 1.91 bits per heavy atom. The molecular formula is C18H18Cl2FNO. The van der Waals surface area contributed by atoms with Gasteiger partial charge in [0.1, 0.15) is 21.9 Å². The van der Waals surface area contributed by atoms with E-state index >= 15 is 0 Å². The predicted octanol–water partition coefficient (Wildman–Crippen LogP) is 5.66. The molecule has 0 fully saturated rings. The van der Waals surface area contributed by atoms with E-state index in [-0.39, 0.29) is 27.8 Å². The first kappa shape index (κ1) is 17.9. The molecule has 1 aromatic heterocycles. The van der Waals surface area contributed by atoms with Crippen molar-refractivity contribution in [2.24, 2.45) is 5.92 Å². The molecule has 0 unspecified atom stereocenters. The highest BCUT2D eigenvalue weighted by Crippen LogP contribution is 2.33. The van der Waals surface area contributed by atoms with Crippen molar-refractivity contribution < 1.29 is 9.18 Å². The molecule has 0 amide bonds. The van der Waals surface area contributed by atoms with Crippen molar-refractivity contribution in [1.29, 1.82) is 0 Å². The Morgan fingerprint density at radius 3 is 2.52 bits per heavy atom. The van der Waals surface area contributed by atoms with E-state index in [2.05, 4.69) is 4.98 Å². The average Bonchev–Trinajstić information content (AvgIpc) is 2.45. The molecule has 122 valence electrons. The summed E-state index contributed by atoms with van der Waals surface area (Å²) in [6, 6.07) is 6.57. The van der Waals surface area contributed by atoms with E-state index in [1.165, 1.54) is 6.07 Å². The number of halogens is 3. The summed E-state index contributed by atoms with van der Waals surface area (Å²) in [5.74, 6) is -0.264. The molecule has 1 heterocycles. The highest BCUT2D eigenvalue weighted by molar-refractivity contribution is 6.33. The number of carbonyl (C=O) groups is 1. The molecule has 0 aliphatic rings. The molecule has 0 aliphatic carbocycles. The van der Waals surface area contributed by atoms with Gasteiger partial charge in [-0.25, -0.2) is 9.37 Å². The summed E-state index contributed by atoms with van der Waals surface area (Å²) in [5.41, 5.74) is 2.47. The van der Waals surface area contributed by atoms with Crippen LogP contribution in [-0.4, -0.2) is 10.8 Å². The molecule has 23 heavy (non-hydrogen) atoms. The van der Waals surface area contributed by atoms with Crippen molar-refractivity contribution in [2.45, 2.75) is 33.6 Å². The van der Waals surface area contributed by atoms with Gasteiger partial charge >= 0.3 is 0 Å². The Bertz CT molecular complexity index is 744. The van der Waals surface area contributed by atoms with Gasteiger partial charge in [0.05, 0.1) is 0 Å². The number of hydrogen-bond acceptors (Lipinski definition) is 2. The zero-order valence-corrected chi connectivity index (χ0v) is 14.8. The number of Topliss-reactive ketones (excluding diaryl/α,β-unsaturated/α-hetero) is 1. The number of aryl methyl sites for hydroxylation is 1. The van der Waals surface area contributed by atoms with Crippen LogP contribution in [0, 0.1) is 18.7 Å². The van der Waals surface area contributed by atoms with Crippen LogP contribution in [0.25, 0.3) is 11.1 Å². The molecule has 5 heteroatoms. The Kier molecular flexibility index (Phi) is 5.77. The van der Waals surface area contributed by atoms with E-state index in [0.717, 1.165) is 5.56 Å². The van der Waals surface area contributed by atoms with Crippen molar-refractivity contribution in [2.75, 3.05) is 0 Å². The molecule has 2 aromatic rings. The van der Waals surface area contributed by atoms with Gasteiger partial charge in [-0.3, -0.25) is 4.79 Å². The van der Waals surface area contributed by atoms with Gasteiger partial charge in [-0.05, 0) is 42.2 Å². The first-order valence-electron chi connectivity index (χ1n) is 7.43. The standard InChI is InChI=1S/C18H18Cl2FNO/c1-10(2)16(23)7-6-13-14(9-17(19)22-18(13)20)12-5-4-11(3)8-15(12)21/h4-5,8-10H,6-7H2,1-3H3. The van der Waals surface area contributed by atoms with Gasteiger partial charge in [-0.2, -0.15) is 0 Å². The first-order valence-corrected chi connectivity index (χ1v) is 8.19. The van der Waals surface area contributed by atoms with Crippen LogP contribution >= 0.6 is 23.2 Å². The summed E-state index contributed by atoms with van der Waals surface area (Å²) >= 11 is 12.2. The maximum atomic E-state index is 14.3. The zero-order chi connectivity index (χ0) is 17.1. The molecule has 0 bridgehead atoms. The lowest BCUT2D eigenvalue weighted by Gasteiger charge is -2.13. The SMILES string of the molecule is Cc1ccc(-c2cc(Cl)nc(Cl)c2CCC(=O)C(C)C)c(F)c1. The minimum atomic E-state index is -0.347. The number of hydrogen-bond donors (Lipinski definition) is 0. The predicted molar refractivity (Wildman–Crippen MR) is 92.6 cm³/mol. The van der Waals surface area contributed by atoms with Crippen molar-refractivity contribution in [3.05, 3.63) is 51.5 Å². The Morgan fingerprint density at radius 1 is 1.22 bits per heavy atom. The van der Waals surface area contributed by atoms with Crippen LogP contribution in [0.4, 0.5) is 4.39 Å². The van der Waals surface area contributed by atoms with Crippen LogP contribution in [0.5, 0.6) is 0 Å². The minimum absolute atomic E-state index is 0.0476. The number of carbonyl (C=O) groups excluding carboxylic acids is 1. The number of ketones is 1.